The third-order valence-corrected chi connectivity index (χ3v) is 7.49. The molecule has 1 saturated heterocycles. The van der Waals surface area contributed by atoms with E-state index in [4.69, 9.17) is 0 Å². The van der Waals surface area contributed by atoms with E-state index in [0.717, 1.165) is 19.3 Å². The lowest BCUT2D eigenvalue weighted by molar-refractivity contribution is -0.132. The van der Waals surface area contributed by atoms with Crippen molar-refractivity contribution in [2.45, 2.75) is 57.2 Å². The van der Waals surface area contributed by atoms with Gasteiger partial charge in [0.2, 0.25) is 11.8 Å². The fourth-order valence-corrected chi connectivity index (χ4v) is 5.73. The molecule has 0 bridgehead atoms. The van der Waals surface area contributed by atoms with Crippen LogP contribution in [0, 0.1) is 0 Å². The molecule has 0 saturated carbocycles. The van der Waals surface area contributed by atoms with Crippen molar-refractivity contribution in [2.75, 3.05) is 18.5 Å². The summed E-state index contributed by atoms with van der Waals surface area (Å²) in [4.78, 5) is 44.7. The predicted molar refractivity (Wildman–Crippen MR) is 122 cm³/mol. The molecule has 6 nitrogen and oxygen atoms in total. The maximum Gasteiger partial charge on any atom is 0.257 e. The van der Waals surface area contributed by atoms with Crippen LogP contribution in [0.5, 0.6) is 0 Å². The summed E-state index contributed by atoms with van der Waals surface area (Å²) >= 11 is 0. The van der Waals surface area contributed by atoms with Crippen molar-refractivity contribution in [1.29, 1.82) is 0 Å². The first-order valence-electron chi connectivity index (χ1n) is 11.5. The third-order valence-electron chi connectivity index (χ3n) is 7.49. The van der Waals surface area contributed by atoms with Crippen molar-refractivity contribution < 1.29 is 14.4 Å². The molecule has 166 valence electrons. The van der Waals surface area contributed by atoms with E-state index in [1.807, 2.05) is 43.1 Å². The molecule has 3 amide bonds. The molecule has 2 aromatic rings. The molecule has 0 spiro atoms. The Balaban J connectivity index is 1.36. The normalized spacial score (nSPS) is 24.1. The zero-order valence-corrected chi connectivity index (χ0v) is 18.7. The largest absolute Gasteiger partial charge is 0.339 e. The van der Waals surface area contributed by atoms with Gasteiger partial charge in [0.15, 0.2) is 0 Å². The number of amides is 3. The lowest BCUT2D eigenvalue weighted by atomic mass is 9.87. The van der Waals surface area contributed by atoms with Crippen LogP contribution in [-0.4, -0.2) is 46.8 Å². The number of hydrogen-bond acceptors (Lipinski definition) is 3. The van der Waals surface area contributed by atoms with Gasteiger partial charge in [-0.25, -0.2) is 0 Å². The smallest absolute Gasteiger partial charge is 0.257 e. The Bertz CT molecular complexity index is 1100. The topological polar surface area (TPSA) is 60.9 Å². The standard InChI is InChI=1S/C26H29N3O3/c1-26-16-14-24(31)29(26)22-12-6-5-11-20(22)25(32)28(26)17-15-23(30)27(2)21-13-7-9-18-8-3-4-10-19(18)21/h3-6,8,10-12,21H,7,9,13-17H2,1-2H3. The molecular weight excluding hydrogens is 402 g/mol. The maximum absolute atomic E-state index is 13.4. The number of nitrogens with zero attached hydrogens (tertiary/aromatic N) is 3. The molecular formula is C26H29N3O3. The SMILES string of the molecule is CN(C(=O)CCN1C(=O)c2ccccc2N2C(=O)CCC12C)C1CCCc2ccccc21. The molecule has 1 aliphatic carbocycles. The predicted octanol–water partition coefficient (Wildman–Crippen LogP) is 3.91. The number of aryl methyl sites for hydroxylation is 1. The number of anilines is 1. The summed E-state index contributed by atoms with van der Waals surface area (Å²) < 4.78 is 0. The molecule has 5 rings (SSSR count). The average molecular weight is 432 g/mol. The second-order valence-electron chi connectivity index (χ2n) is 9.28. The molecule has 2 aromatic carbocycles. The number of carbonyl (C=O) groups excluding carboxylic acids is 3. The molecule has 2 atom stereocenters. The quantitative estimate of drug-likeness (QED) is 0.737. The summed E-state index contributed by atoms with van der Waals surface area (Å²) in [6.07, 6.45) is 4.29. The highest BCUT2D eigenvalue weighted by Gasteiger charge is 2.52. The summed E-state index contributed by atoms with van der Waals surface area (Å²) in [6.45, 7) is 2.24. The zero-order chi connectivity index (χ0) is 22.5. The van der Waals surface area contributed by atoms with Crippen LogP contribution in [0.25, 0.3) is 0 Å². The van der Waals surface area contributed by atoms with Crippen molar-refractivity contribution in [3.8, 4) is 0 Å². The highest BCUT2D eigenvalue weighted by molar-refractivity contribution is 6.10. The lowest BCUT2D eigenvalue weighted by Gasteiger charge is -2.48. The minimum Gasteiger partial charge on any atom is -0.339 e. The van der Waals surface area contributed by atoms with Crippen LogP contribution in [0.15, 0.2) is 48.5 Å². The summed E-state index contributed by atoms with van der Waals surface area (Å²) in [6, 6.07) is 15.7. The van der Waals surface area contributed by atoms with Crippen LogP contribution in [0.1, 0.15) is 66.6 Å². The average Bonchev–Trinajstić information content (AvgIpc) is 3.13. The van der Waals surface area contributed by atoms with Gasteiger partial charge in [0.25, 0.3) is 5.91 Å². The van der Waals surface area contributed by atoms with Crippen LogP contribution in [0.4, 0.5) is 5.69 Å². The molecule has 6 heteroatoms. The summed E-state index contributed by atoms with van der Waals surface area (Å²) in [5.74, 6) is -0.0509. The fraction of sp³-hybridized carbons (Fsp3) is 0.423. The van der Waals surface area contributed by atoms with Gasteiger partial charge >= 0.3 is 0 Å². The molecule has 1 fully saturated rings. The molecule has 2 heterocycles. The third kappa shape index (κ3) is 3.12. The van der Waals surface area contributed by atoms with Gasteiger partial charge < -0.3 is 9.80 Å². The summed E-state index contributed by atoms with van der Waals surface area (Å²) in [5, 5.41) is 0. The second-order valence-corrected chi connectivity index (χ2v) is 9.28. The number of rotatable bonds is 4. The van der Waals surface area contributed by atoms with E-state index in [2.05, 4.69) is 18.2 Å². The van der Waals surface area contributed by atoms with Gasteiger partial charge in [0, 0.05) is 26.4 Å². The van der Waals surface area contributed by atoms with Crippen LogP contribution in [-0.2, 0) is 16.0 Å². The van der Waals surface area contributed by atoms with E-state index < -0.39 is 5.66 Å². The second kappa shape index (κ2) is 7.76. The molecule has 2 aliphatic heterocycles. The van der Waals surface area contributed by atoms with Crippen LogP contribution in [0.2, 0.25) is 0 Å². The van der Waals surface area contributed by atoms with Gasteiger partial charge in [-0.3, -0.25) is 19.3 Å². The Morgan fingerprint density at radius 2 is 1.84 bits per heavy atom. The van der Waals surface area contributed by atoms with E-state index in [1.165, 1.54) is 11.1 Å². The molecule has 0 radical (unpaired) electrons. The van der Waals surface area contributed by atoms with Gasteiger partial charge in [-0.15, -0.1) is 0 Å². The number of benzene rings is 2. The van der Waals surface area contributed by atoms with Crippen LogP contribution in [0.3, 0.4) is 0 Å². The minimum absolute atomic E-state index is 0.0258. The van der Waals surface area contributed by atoms with Gasteiger partial charge in [0.05, 0.1) is 17.3 Å². The lowest BCUT2D eigenvalue weighted by Crippen LogP contribution is -2.62. The van der Waals surface area contributed by atoms with Crippen molar-refractivity contribution in [1.82, 2.24) is 9.80 Å². The highest BCUT2D eigenvalue weighted by atomic mass is 16.2. The highest BCUT2D eigenvalue weighted by Crippen LogP contribution is 2.44. The van der Waals surface area contributed by atoms with E-state index in [0.29, 0.717) is 30.6 Å². The molecule has 2 unspecified atom stereocenters. The first-order valence-corrected chi connectivity index (χ1v) is 11.5. The van der Waals surface area contributed by atoms with Gasteiger partial charge in [-0.2, -0.15) is 0 Å². The van der Waals surface area contributed by atoms with Crippen LogP contribution >= 0.6 is 0 Å². The Morgan fingerprint density at radius 1 is 1.09 bits per heavy atom. The molecule has 0 N–H and O–H groups in total. The van der Waals surface area contributed by atoms with Crippen molar-refractivity contribution in [3.63, 3.8) is 0 Å². The first kappa shape index (κ1) is 20.7. The Hall–Kier alpha value is -3.15. The van der Waals surface area contributed by atoms with Crippen molar-refractivity contribution >= 4 is 23.4 Å². The fourth-order valence-electron chi connectivity index (χ4n) is 5.73. The first-order chi connectivity index (χ1) is 15.4. The van der Waals surface area contributed by atoms with Gasteiger partial charge in [0.1, 0.15) is 5.66 Å². The van der Waals surface area contributed by atoms with Crippen molar-refractivity contribution in [2.24, 2.45) is 0 Å². The zero-order valence-electron chi connectivity index (χ0n) is 18.7. The minimum atomic E-state index is -0.723. The Labute approximate surface area is 188 Å². The number of para-hydroxylation sites is 1. The van der Waals surface area contributed by atoms with E-state index >= 15 is 0 Å². The van der Waals surface area contributed by atoms with Crippen molar-refractivity contribution in [3.05, 3.63) is 65.2 Å². The van der Waals surface area contributed by atoms with E-state index in [1.54, 1.807) is 15.9 Å². The van der Waals surface area contributed by atoms with Gasteiger partial charge in [-0.05, 0) is 55.9 Å². The maximum atomic E-state index is 13.4. The molecule has 0 aromatic heterocycles. The summed E-state index contributed by atoms with van der Waals surface area (Å²) in [5.41, 5.74) is 3.04. The van der Waals surface area contributed by atoms with Gasteiger partial charge in [-0.1, -0.05) is 36.4 Å². The van der Waals surface area contributed by atoms with E-state index in [9.17, 15) is 14.4 Å². The Morgan fingerprint density at radius 3 is 2.69 bits per heavy atom. The number of hydrogen-bond donors (Lipinski definition) is 0. The number of carbonyl (C=O) groups is 3. The Kier molecular flexibility index (Phi) is 5.03. The monoisotopic (exact) mass is 431 g/mol. The van der Waals surface area contributed by atoms with E-state index in [-0.39, 0.29) is 30.2 Å². The van der Waals surface area contributed by atoms with Crippen LogP contribution < -0.4 is 4.90 Å². The number of fused-ring (bicyclic) bond motifs is 4. The molecule has 32 heavy (non-hydrogen) atoms. The molecule has 3 aliphatic rings. The summed E-state index contributed by atoms with van der Waals surface area (Å²) in [7, 11) is 1.87.